The zero-order chi connectivity index (χ0) is 14.8. The first-order valence-corrected chi connectivity index (χ1v) is 6.54. The Bertz CT molecular complexity index is 784. The largest absolute Gasteiger partial charge is 0.324 e. The maximum Gasteiger partial charge on any atom is 0.159 e. The van der Waals surface area contributed by atoms with Crippen molar-refractivity contribution >= 4 is 11.0 Å². The van der Waals surface area contributed by atoms with Crippen LogP contribution >= 0.6 is 0 Å². The van der Waals surface area contributed by atoms with Crippen molar-refractivity contribution in [3.63, 3.8) is 0 Å². The van der Waals surface area contributed by atoms with E-state index in [9.17, 15) is 8.78 Å². The number of rotatable bonds is 3. The molecule has 1 atom stereocenters. The predicted octanol–water partition coefficient (Wildman–Crippen LogP) is 3.15. The first-order valence-electron chi connectivity index (χ1n) is 6.54. The number of benzene rings is 2. The zero-order valence-electron chi connectivity index (χ0n) is 11.1. The number of halogens is 2. The van der Waals surface area contributed by atoms with Crippen molar-refractivity contribution in [1.82, 2.24) is 9.97 Å². The Morgan fingerprint density at radius 1 is 1.00 bits per heavy atom. The second-order valence-electron chi connectivity index (χ2n) is 4.83. The van der Waals surface area contributed by atoms with Crippen LogP contribution in [0.3, 0.4) is 0 Å². The van der Waals surface area contributed by atoms with E-state index in [0.717, 1.165) is 22.7 Å². The zero-order valence-corrected chi connectivity index (χ0v) is 11.1. The molecule has 0 saturated heterocycles. The average molecular weight is 285 g/mol. The highest BCUT2D eigenvalue weighted by Crippen LogP contribution is 2.23. The topological polar surface area (TPSA) is 51.8 Å². The molecule has 106 valence electrons. The van der Waals surface area contributed by atoms with Crippen LogP contribution in [-0.2, 0) is 6.42 Å². The fraction of sp³-hybridized carbons (Fsp3) is 0.125. The number of nitrogens with zero attached hydrogens (tertiary/aromatic N) is 2. The van der Waals surface area contributed by atoms with Crippen LogP contribution in [0.15, 0.2) is 48.8 Å². The van der Waals surface area contributed by atoms with Gasteiger partial charge in [0, 0.05) is 18.4 Å². The van der Waals surface area contributed by atoms with Crippen LogP contribution in [0.5, 0.6) is 0 Å². The van der Waals surface area contributed by atoms with Crippen LogP contribution in [0.1, 0.15) is 17.2 Å². The third-order valence-corrected chi connectivity index (χ3v) is 3.37. The molecule has 21 heavy (non-hydrogen) atoms. The Hall–Kier alpha value is -2.40. The molecule has 0 aliphatic rings. The Morgan fingerprint density at radius 2 is 1.81 bits per heavy atom. The number of fused-ring (bicyclic) bond motifs is 1. The summed E-state index contributed by atoms with van der Waals surface area (Å²) >= 11 is 0. The predicted molar refractivity (Wildman–Crippen MR) is 76.5 cm³/mol. The van der Waals surface area contributed by atoms with Crippen molar-refractivity contribution in [1.29, 1.82) is 0 Å². The smallest absolute Gasteiger partial charge is 0.159 e. The minimum atomic E-state index is -0.864. The summed E-state index contributed by atoms with van der Waals surface area (Å²) in [6, 6.07) is 9.05. The monoisotopic (exact) mass is 285 g/mol. The normalized spacial score (nSPS) is 12.5. The second kappa shape index (κ2) is 5.54. The molecule has 1 heterocycles. The first-order chi connectivity index (χ1) is 10.1. The number of nitrogens with two attached hydrogens (primary N) is 1. The van der Waals surface area contributed by atoms with Gasteiger partial charge >= 0.3 is 0 Å². The van der Waals surface area contributed by atoms with E-state index in [1.54, 1.807) is 12.4 Å². The number of hydrogen-bond acceptors (Lipinski definition) is 3. The maximum atomic E-state index is 13.2. The highest BCUT2D eigenvalue weighted by Gasteiger charge is 2.13. The molecule has 0 radical (unpaired) electrons. The van der Waals surface area contributed by atoms with E-state index in [1.807, 2.05) is 18.2 Å². The standard InChI is InChI=1S/C16H13F2N3/c17-12-5-4-10(8-13(12)18)9-14(19)11-2-1-3-15-16(11)21-7-6-20-15/h1-8,14H,9,19H2. The summed E-state index contributed by atoms with van der Waals surface area (Å²) in [5.74, 6) is -1.72. The highest BCUT2D eigenvalue weighted by molar-refractivity contribution is 5.78. The molecular weight excluding hydrogens is 272 g/mol. The molecule has 2 N–H and O–H groups in total. The summed E-state index contributed by atoms with van der Waals surface area (Å²) in [4.78, 5) is 8.53. The SMILES string of the molecule is NC(Cc1ccc(F)c(F)c1)c1cccc2nccnc12. The summed E-state index contributed by atoms with van der Waals surface area (Å²) in [7, 11) is 0. The van der Waals surface area contributed by atoms with Crippen molar-refractivity contribution < 1.29 is 8.78 Å². The Balaban J connectivity index is 1.93. The number of para-hydroxylation sites is 1. The van der Waals surface area contributed by atoms with Gasteiger partial charge in [-0.25, -0.2) is 8.78 Å². The fourth-order valence-corrected chi connectivity index (χ4v) is 2.34. The molecule has 0 fully saturated rings. The molecule has 1 unspecified atom stereocenters. The Kier molecular flexibility index (Phi) is 3.58. The molecule has 0 aliphatic carbocycles. The summed E-state index contributed by atoms with van der Waals surface area (Å²) in [5, 5.41) is 0. The van der Waals surface area contributed by atoms with E-state index >= 15 is 0 Å². The molecule has 3 aromatic rings. The quantitative estimate of drug-likeness (QED) is 0.804. The summed E-state index contributed by atoms with van der Waals surface area (Å²) in [6.07, 6.45) is 3.62. The molecule has 0 aliphatic heterocycles. The molecule has 0 amide bonds. The van der Waals surface area contributed by atoms with Gasteiger partial charge in [-0.15, -0.1) is 0 Å². The van der Waals surface area contributed by atoms with Crippen molar-refractivity contribution in [3.05, 3.63) is 71.6 Å². The van der Waals surface area contributed by atoms with Crippen molar-refractivity contribution in [2.24, 2.45) is 5.73 Å². The molecule has 3 nitrogen and oxygen atoms in total. The molecule has 1 aromatic heterocycles. The minimum absolute atomic E-state index is 0.365. The second-order valence-corrected chi connectivity index (χ2v) is 4.83. The lowest BCUT2D eigenvalue weighted by Gasteiger charge is -2.14. The molecule has 2 aromatic carbocycles. The van der Waals surface area contributed by atoms with E-state index in [0.29, 0.717) is 12.0 Å². The van der Waals surface area contributed by atoms with E-state index in [1.165, 1.54) is 12.1 Å². The Morgan fingerprint density at radius 3 is 2.62 bits per heavy atom. The van der Waals surface area contributed by atoms with Crippen LogP contribution < -0.4 is 5.73 Å². The molecule has 5 heteroatoms. The van der Waals surface area contributed by atoms with E-state index in [2.05, 4.69) is 9.97 Å². The van der Waals surface area contributed by atoms with Crippen LogP contribution in [-0.4, -0.2) is 9.97 Å². The van der Waals surface area contributed by atoms with Gasteiger partial charge in [0.1, 0.15) is 0 Å². The van der Waals surface area contributed by atoms with Crippen LogP contribution in [0, 0.1) is 11.6 Å². The van der Waals surface area contributed by atoms with Gasteiger partial charge in [-0.1, -0.05) is 18.2 Å². The lowest BCUT2D eigenvalue weighted by Crippen LogP contribution is -2.14. The van der Waals surface area contributed by atoms with Gasteiger partial charge in [-0.2, -0.15) is 0 Å². The summed E-state index contributed by atoms with van der Waals surface area (Å²) in [5.41, 5.74) is 9.17. The summed E-state index contributed by atoms with van der Waals surface area (Å²) < 4.78 is 26.2. The molecule has 0 spiro atoms. The molecular formula is C16H13F2N3. The molecule has 0 saturated carbocycles. The third kappa shape index (κ3) is 2.73. The van der Waals surface area contributed by atoms with Gasteiger partial charge in [-0.3, -0.25) is 9.97 Å². The number of aromatic nitrogens is 2. The maximum absolute atomic E-state index is 13.2. The van der Waals surface area contributed by atoms with Gasteiger partial charge in [0.25, 0.3) is 0 Å². The minimum Gasteiger partial charge on any atom is -0.324 e. The summed E-state index contributed by atoms with van der Waals surface area (Å²) in [6.45, 7) is 0. The fourth-order valence-electron chi connectivity index (χ4n) is 2.34. The highest BCUT2D eigenvalue weighted by atomic mass is 19.2. The lowest BCUT2D eigenvalue weighted by atomic mass is 9.98. The van der Waals surface area contributed by atoms with Crippen LogP contribution in [0.25, 0.3) is 11.0 Å². The van der Waals surface area contributed by atoms with Gasteiger partial charge in [-0.05, 0) is 35.7 Å². The molecule has 3 rings (SSSR count). The van der Waals surface area contributed by atoms with Gasteiger partial charge in [0.15, 0.2) is 11.6 Å². The first kappa shape index (κ1) is 13.6. The van der Waals surface area contributed by atoms with Crippen molar-refractivity contribution in [2.45, 2.75) is 12.5 Å². The van der Waals surface area contributed by atoms with Gasteiger partial charge in [0.2, 0.25) is 0 Å². The third-order valence-electron chi connectivity index (χ3n) is 3.37. The lowest BCUT2D eigenvalue weighted by molar-refractivity contribution is 0.506. The van der Waals surface area contributed by atoms with E-state index in [4.69, 9.17) is 5.73 Å². The number of hydrogen-bond donors (Lipinski definition) is 1. The van der Waals surface area contributed by atoms with Crippen LogP contribution in [0.2, 0.25) is 0 Å². The van der Waals surface area contributed by atoms with Gasteiger partial charge < -0.3 is 5.73 Å². The van der Waals surface area contributed by atoms with Crippen molar-refractivity contribution in [3.8, 4) is 0 Å². The Labute approximate surface area is 120 Å². The average Bonchev–Trinajstić information content (AvgIpc) is 2.50. The van der Waals surface area contributed by atoms with Gasteiger partial charge in [0.05, 0.1) is 11.0 Å². The van der Waals surface area contributed by atoms with Crippen LogP contribution in [0.4, 0.5) is 8.78 Å². The van der Waals surface area contributed by atoms with Crippen molar-refractivity contribution in [2.75, 3.05) is 0 Å². The van der Waals surface area contributed by atoms with E-state index in [-0.39, 0.29) is 6.04 Å². The molecule has 0 bridgehead atoms. The van der Waals surface area contributed by atoms with E-state index < -0.39 is 11.6 Å².